The van der Waals surface area contributed by atoms with Crippen LogP contribution in [0.15, 0.2) is 0 Å². The first-order valence-electron chi connectivity index (χ1n) is 6.58. The van der Waals surface area contributed by atoms with E-state index in [0.29, 0.717) is 0 Å². The van der Waals surface area contributed by atoms with Gasteiger partial charge in [-0.25, -0.2) is 0 Å². The van der Waals surface area contributed by atoms with Crippen LogP contribution in [0.2, 0.25) is 0 Å². The standard InChI is InChI=1S/C12H24N4O2/c1-11(2)8-12(3-6-18-11)10(14-4-5-16-12)15-7-9(13)17/h10,14-16H,3-8H2,1-2H3,(H2,13,17). The first kappa shape index (κ1) is 13.7. The molecule has 0 aromatic carbocycles. The molecule has 2 fully saturated rings. The second-order valence-electron chi connectivity index (χ2n) is 5.85. The maximum Gasteiger partial charge on any atom is 0.231 e. The van der Waals surface area contributed by atoms with Crippen LogP contribution in [0.5, 0.6) is 0 Å². The third kappa shape index (κ3) is 3.00. The Balaban J connectivity index is 2.08. The average molecular weight is 256 g/mol. The minimum atomic E-state index is -0.330. The van der Waals surface area contributed by atoms with Crippen LogP contribution < -0.4 is 21.7 Å². The summed E-state index contributed by atoms with van der Waals surface area (Å²) in [6.45, 7) is 6.97. The molecule has 0 aromatic heterocycles. The third-order valence-corrected chi connectivity index (χ3v) is 3.77. The van der Waals surface area contributed by atoms with E-state index in [-0.39, 0.29) is 29.8 Å². The SMILES string of the molecule is CC1(C)CC2(CCO1)NCCNC2NCC(N)=O. The van der Waals surface area contributed by atoms with Crippen molar-refractivity contribution >= 4 is 5.91 Å². The minimum absolute atomic E-state index is 0.0573. The van der Waals surface area contributed by atoms with Crippen molar-refractivity contribution in [2.45, 2.75) is 44.0 Å². The Morgan fingerprint density at radius 2 is 2.28 bits per heavy atom. The zero-order valence-electron chi connectivity index (χ0n) is 11.2. The van der Waals surface area contributed by atoms with Gasteiger partial charge in [-0.1, -0.05) is 0 Å². The molecule has 0 saturated carbocycles. The third-order valence-electron chi connectivity index (χ3n) is 3.77. The number of rotatable bonds is 3. The van der Waals surface area contributed by atoms with Crippen molar-refractivity contribution in [1.82, 2.24) is 16.0 Å². The lowest BCUT2D eigenvalue weighted by Gasteiger charge is -2.52. The topological polar surface area (TPSA) is 88.4 Å². The molecule has 0 radical (unpaired) electrons. The lowest BCUT2D eigenvalue weighted by atomic mass is 9.77. The molecule has 0 bridgehead atoms. The van der Waals surface area contributed by atoms with Crippen LogP contribution in [-0.2, 0) is 9.53 Å². The first-order valence-corrected chi connectivity index (χ1v) is 6.58. The molecule has 6 heteroatoms. The van der Waals surface area contributed by atoms with E-state index in [0.717, 1.165) is 32.5 Å². The average Bonchev–Trinajstić information content (AvgIpc) is 2.26. The van der Waals surface area contributed by atoms with E-state index < -0.39 is 0 Å². The maximum absolute atomic E-state index is 10.9. The summed E-state index contributed by atoms with van der Waals surface area (Å²) in [4.78, 5) is 10.9. The normalized spacial score (nSPS) is 35.6. The minimum Gasteiger partial charge on any atom is -0.375 e. The molecule has 2 aliphatic heterocycles. The van der Waals surface area contributed by atoms with Gasteiger partial charge in [-0.3, -0.25) is 15.4 Å². The highest BCUT2D eigenvalue weighted by molar-refractivity contribution is 5.75. The number of carbonyl (C=O) groups excluding carboxylic acids is 1. The van der Waals surface area contributed by atoms with E-state index in [1.807, 2.05) is 0 Å². The monoisotopic (exact) mass is 256 g/mol. The lowest BCUT2D eigenvalue weighted by molar-refractivity contribution is -0.118. The predicted octanol–water partition coefficient (Wildman–Crippen LogP) is -1.09. The van der Waals surface area contributed by atoms with E-state index in [2.05, 4.69) is 29.8 Å². The second-order valence-corrected chi connectivity index (χ2v) is 5.85. The molecule has 1 amide bonds. The van der Waals surface area contributed by atoms with Gasteiger partial charge in [-0.05, 0) is 26.7 Å². The Kier molecular flexibility index (Phi) is 3.91. The zero-order chi connectivity index (χ0) is 13.2. The Labute approximate surface area is 108 Å². The Bertz CT molecular complexity index is 317. The summed E-state index contributed by atoms with van der Waals surface area (Å²) in [6.07, 6.45) is 1.89. The van der Waals surface area contributed by atoms with Crippen LogP contribution in [0.4, 0.5) is 0 Å². The van der Waals surface area contributed by atoms with E-state index in [1.165, 1.54) is 0 Å². The molecule has 18 heavy (non-hydrogen) atoms. The van der Waals surface area contributed by atoms with Gasteiger partial charge in [0.05, 0.1) is 23.9 Å². The fraction of sp³-hybridized carbons (Fsp3) is 0.917. The van der Waals surface area contributed by atoms with Crippen molar-refractivity contribution in [3.8, 4) is 0 Å². The number of nitrogens with two attached hydrogens (primary N) is 1. The molecule has 6 nitrogen and oxygen atoms in total. The molecule has 2 unspecified atom stereocenters. The fourth-order valence-corrected chi connectivity index (χ4v) is 3.10. The van der Waals surface area contributed by atoms with Gasteiger partial charge in [-0.2, -0.15) is 0 Å². The van der Waals surface area contributed by atoms with Gasteiger partial charge in [0.25, 0.3) is 0 Å². The number of carbonyl (C=O) groups is 1. The molecule has 0 aromatic rings. The number of hydrogen-bond donors (Lipinski definition) is 4. The lowest BCUT2D eigenvalue weighted by Crippen LogP contribution is -2.74. The Hall–Kier alpha value is -0.690. The fourth-order valence-electron chi connectivity index (χ4n) is 3.10. The Morgan fingerprint density at radius 1 is 1.50 bits per heavy atom. The van der Waals surface area contributed by atoms with Crippen LogP contribution >= 0.6 is 0 Å². The highest BCUT2D eigenvalue weighted by Gasteiger charge is 2.47. The van der Waals surface area contributed by atoms with E-state index in [9.17, 15) is 4.79 Å². The summed E-state index contributed by atoms with van der Waals surface area (Å²) in [5.74, 6) is -0.330. The summed E-state index contributed by atoms with van der Waals surface area (Å²) < 4.78 is 5.78. The van der Waals surface area contributed by atoms with Crippen molar-refractivity contribution in [2.75, 3.05) is 26.2 Å². The largest absolute Gasteiger partial charge is 0.375 e. The van der Waals surface area contributed by atoms with E-state index >= 15 is 0 Å². The van der Waals surface area contributed by atoms with Gasteiger partial charge in [0, 0.05) is 19.7 Å². The second kappa shape index (κ2) is 5.13. The van der Waals surface area contributed by atoms with Gasteiger partial charge < -0.3 is 15.8 Å². The first-order chi connectivity index (χ1) is 8.44. The summed E-state index contributed by atoms with van der Waals surface area (Å²) in [5.41, 5.74) is 5.00. The van der Waals surface area contributed by atoms with E-state index in [1.54, 1.807) is 0 Å². The quantitative estimate of drug-likeness (QED) is 0.515. The van der Waals surface area contributed by atoms with Crippen LogP contribution in [0.25, 0.3) is 0 Å². The van der Waals surface area contributed by atoms with Crippen molar-refractivity contribution in [2.24, 2.45) is 5.73 Å². The van der Waals surface area contributed by atoms with Gasteiger partial charge in [0.15, 0.2) is 0 Å². The predicted molar refractivity (Wildman–Crippen MR) is 69.0 cm³/mol. The van der Waals surface area contributed by atoms with Crippen LogP contribution in [0.3, 0.4) is 0 Å². The smallest absolute Gasteiger partial charge is 0.231 e. The maximum atomic E-state index is 10.9. The van der Waals surface area contributed by atoms with Crippen molar-refractivity contribution in [3.05, 3.63) is 0 Å². The van der Waals surface area contributed by atoms with E-state index in [4.69, 9.17) is 10.5 Å². The molecule has 2 heterocycles. The summed E-state index contributed by atoms with van der Waals surface area (Å²) in [7, 11) is 0. The van der Waals surface area contributed by atoms with Crippen molar-refractivity contribution in [3.63, 3.8) is 0 Å². The molecule has 2 aliphatic rings. The molecule has 0 aliphatic carbocycles. The number of amides is 1. The molecule has 5 N–H and O–H groups in total. The summed E-state index contributed by atoms with van der Waals surface area (Å²) in [6, 6.07) is 0. The number of nitrogens with one attached hydrogen (secondary N) is 3. The summed E-state index contributed by atoms with van der Waals surface area (Å²) in [5, 5.41) is 10.3. The molecule has 104 valence electrons. The van der Waals surface area contributed by atoms with Crippen LogP contribution in [0.1, 0.15) is 26.7 Å². The number of hydrogen-bond acceptors (Lipinski definition) is 5. The van der Waals surface area contributed by atoms with Crippen molar-refractivity contribution in [1.29, 1.82) is 0 Å². The number of primary amides is 1. The highest BCUT2D eigenvalue weighted by Crippen LogP contribution is 2.34. The molecule has 2 atom stereocenters. The van der Waals surface area contributed by atoms with Gasteiger partial charge >= 0.3 is 0 Å². The molecule has 2 saturated heterocycles. The molecule has 2 rings (SSSR count). The zero-order valence-corrected chi connectivity index (χ0v) is 11.2. The highest BCUT2D eigenvalue weighted by atomic mass is 16.5. The van der Waals surface area contributed by atoms with Crippen molar-refractivity contribution < 1.29 is 9.53 Å². The van der Waals surface area contributed by atoms with Gasteiger partial charge in [0.1, 0.15) is 0 Å². The molecular weight excluding hydrogens is 232 g/mol. The Morgan fingerprint density at radius 3 is 2.94 bits per heavy atom. The van der Waals surface area contributed by atoms with Gasteiger partial charge in [0.2, 0.25) is 5.91 Å². The number of piperazine rings is 1. The molecular formula is C12H24N4O2. The van der Waals surface area contributed by atoms with Crippen LogP contribution in [0, 0.1) is 0 Å². The molecule has 1 spiro atoms. The summed E-state index contributed by atoms with van der Waals surface area (Å²) >= 11 is 0. The van der Waals surface area contributed by atoms with Gasteiger partial charge in [-0.15, -0.1) is 0 Å². The number of ether oxygens (including phenoxy) is 1. The van der Waals surface area contributed by atoms with Crippen LogP contribution in [-0.4, -0.2) is 49.5 Å².